The zero-order valence-corrected chi connectivity index (χ0v) is 8.53. The molecule has 0 aliphatic carbocycles. The van der Waals surface area contributed by atoms with E-state index in [0.29, 0.717) is 0 Å². The Morgan fingerprint density at radius 1 is 1.58 bits per heavy atom. The van der Waals surface area contributed by atoms with Gasteiger partial charge in [0.1, 0.15) is 0 Å². The highest BCUT2D eigenvalue weighted by atomic mass is 32.1. The lowest BCUT2D eigenvalue weighted by molar-refractivity contribution is 0.738. The van der Waals surface area contributed by atoms with Crippen LogP contribution in [-0.2, 0) is 0 Å². The Hall–Kier alpha value is -0.500. The molecule has 0 aromatic carbocycles. The molecule has 0 bridgehead atoms. The quantitative estimate of drug-likeness (QED) is 0.643. The van der Waals surface area contributed by atoms with E-state index < -0.39 is 0 Å². The first kappa shape index (κ1) is 8.11. The summed E-state index contributed by atoms with van der Waals surface area (Å²) in [6.07, 6.45) is 2.72. The van der Waals surface area contributed by atoms with Crippen molar-refractivity contribution in [3.05, 3.63) is 17.0 Å². The summed E-state index contributed by atoms with van der Waals surface area (Å²) in [6, 6.07) is 2.97. The molecule has 1 aliphatic heterocycles. The Kier molecular flexibility index (Phi) is 2.09. The molecule has 2 heteroatoms. The molecule has 1 aliphatic rings. The van der Waals surface area contributed by atoms with E-state index in [9.17, 15) is 0 Å². The van der Waals surface area contributed by atoms with Crippen molar-refractivity contribution in [2.45, 2.75) is 32.7 Å². The van der Waals surface area contributed by atoms with Crippen LogP contribution in [0.4, 0.5) is 5.00 Å². The maximum absolute atomic E-state index is 2.54. The van der Waals surface area contributed by atoms with Crippen LogP contribution >= 0.6 is 11.3 Å². The Labute approximate surface area is 78.0 Å². The molecule has 1 saturated heterocycles. The van der Waals surface area contributed by atoms with Gasteiger partial charge in [-0.15, -0.1) is 11.3 Å². The van der Waals surface area contributed by atoms with E-state index in [1.165, 1.54) is 30.0 Å². The van der Waals surface area contributed by atoms with Crippen LogP contribution in [0.5, 0.6) is 0 Å². The average molecular weight is 181 g/mol. The van der Waals surface area contributed by atoms with Crippen LogP contribution in [0.15, 0.2) is 11.4 Å². The van der Waals surface area contributed by atoms with Crippen molar-refractivity contribution in [2.24, 2.45) is 0 Å². The molecule has 1 fully saturated rings. The highest BCUT2D eigenvalue weighted by Crippen LogP contribution is 2.32. The highest BCUT2D eigenvalue weighted by molar-refractivity contribution is 7.14. The third kappa shape index (κ3) is 1.24. The van der Waals surface area contributed by atoms with Crippen LogP contribution in [0.1, 0.15) is 25.3 Å². The third-order valence-electron chi connectivity index (χ3n) is 2.65. The van der Waals surface area contributed by atoms with Crippen molar-refractivity contribution >= 4 is 16.3 Å². The Morgan fingerprint density at radius 3 is 2.92 bits per heavy atom. The van der Waals surface area contributed by atoms with Crippen molar-refractivity contribution < 1.29 is 0 Å². The average Bonchev–Trinajstić information content (AvgIpc) is 2.59. The summed E-state index contributed by atoms with van der Waals surface area (Å²) >= 11 is 1.88. The zero-order valence-electron chi connectivity index (χ0n) is 7.71. The number of hydrogen-bond donors (Lipinski definition) is 0. The molecular formula is C10H15NS. The lowest BCUT2D eigenvalue weighted by Gasteiger charge is -2.22. The molecular weight excluding hydrogens is 166 g/mol. The standard InChI is InChI=1S/C10H15NS/c1-8-5-7-12-10(8)11-6-3-4-9(11)2/h5,7,9H,3-4,6H2,1-2H3. The van der Waals surface area contributed by atoms with Gasteiger partial charge in [-0.1, -0.05) is 0 Å². The first-order chi connectivity index (χ1) is 5.79. The number of anilines is 1. The number of aryl methyl sites for hydroxylation is 1. The van der Waals surface area contributed by atoms with Crippen molar-refractivity contribution in [3.8, 4) is 0 Å². The first-order valence-electron chi connectivity index (χ1n) is 4.60. The maximum atomic E-state index is 2.54. The van der Waals surface area contributed by atoms with Gasteiger partial charge in [0.15, 0.2) is 0 Å². The molecule has 2 heterocycles. The van der Waals surface area contributed by atoms with Crippen molar-refractivity contribution in [1.29, 1.82) is 0 Å². The van der Waals surface area contributed by atoms with E-state index in [4.69, 9.17) is 0 Å². The van der Waals surface area contributed by atoms with Crippen molar-refractivity contribution in [2.75, 3.05) is 11.4 Å². The van der Waals surface area contributed by atoms with Gasteiger partial charge in [-0.25, -0.2) is 0 Å². The van der Waals surface area contributed by atoms with Gasteiger partial charge in [-0.3, -0.25) is 0 Å². The van der Waals surface area contributed by atoms with Crippen LogP contribution in [0.2, 0.25) is 0 Å². The van der Waals surface area contributed by atoms with E-state index in [-0.39, 0.29) is 0 Å². The predicted molar refractivity (Wildman–Crippen MR) is 55.1 cm³/mol. The molecule has 0 N–H and O–H groups in total. The van der Waals surface area contributed by atoms with Crippen LogP contribution < -0.4 is 4.90 Å². The second-order valence-corrected chi connectivity index (χ2v) is 4.49. The molecule has 12 heavy (non-hydrogen) atoms. The van der Waals surface area contributed by atoms with Gasteiger partial charge in [0.2, 0.25) is 0 Å². The molecule has 1 unspecified atom stereocenters. The number of hydrogen-bond acceptors (Lipinski definition) is 2. The Morgan fingerprint density at radius 2 is 2.42 bits per heavy atom. The second-order valence-electron chi connectivity index (χ2n) is 3.59. The maximum Gasteiger partial charge on any atom is 0.0940 e. The summed E-state index contributed by atoms with van der Waals surface area (Å²) in [5.74, 6) is 0. The minimum absolute atomic E-state index is 0.752. The summed E-state index contributed by atoms with van der Waals surface area (Å²) in [6.45, 7) is 5.78. The molecule has 1 atom stereocenters. The highest BCUT2D eigenvalue weighted by Gasteiger charge is 2.22. The fraction of sp³-hybridized carbons (Fsp3) is 0.600. The summed E-state index contributed by atoms with van der Waals surface area (Å²) in [7, 11) is 0. The van der Waals surface area contributed by atoms with E-state index in [1.54, 1.807) is 0 Å². The van der Waals surface area contributed by atoms with Crippen molar-refractivity contribution in [1.82, 2.24) is 0 Å². The molecule has 66 valence electrons. The fourth-order valence-electron chi connectivity index (χ4n) is 1.89. The van der Waals surface area contributed by atoms with Crippen LogP contribution in [0, 0.1) is 6.92 Å². The van der Waals surface area contributed by atoms with Gasteiger partial charge in [0, 0.05) is 12.6 Å². The molecule has 0 spiro atoms. The normalized spacial score (nSPS) is 23.5. The Bertz CT molecular complexity index is 267. The fourth-order valence-corrected chi connectivity index (χ4v) is 2.96. The first-order valence-corrected chi connectivity index (χ1v) is 5.48. The number of thiophene rings is 1. The van der Waals surface area contributed by atoms with Crippen LogP contribution in [0.3, 0.4) is 0 Å². The summed E-state index contributed by atoms with van der Waals surface area (Å²) in [4.78, 5) is 2.54. The Balaban J connectivity index is 2.24. The predicted octanol–water partition coefficient (Wildman–Crippen LogP) is 3.05. The van der Waals surface area contributed by atoms with Crippen molar-refractivity contribution in [3.63, 3.8) is 0 Å². The molecule has 0 radical (unpaired) electrons. The van der Waals surface area contributed by atoms with E-state index >= 15 is 0 Å². The minimum atomic E-state index is 0.752. The largest absolute Gasteiger partial charge is 0.361 e. The van der Waals surface area contributed by atoms with E-state index in [0.717, 1.165) is 6.04 Å². The summed E-state index contributed by atoms with van der Waals surface area (Å²) in [5.41, 5.74) is 1.44. The summed E-state index contributed by atoms with van der Waals surface area (Å²) < 4.78 is 0. The molecule has 1 nitrogen and oxygen atoms in total. The number of rotatable bonds is 1. The van der Waals surface area contributed by atoms with Gasteiger partial charge in [-0.2, -0.15) is 0 Å². The lowest BCUT2D eigenvalue weighted by Crippen LogP contribution is -2.25. The smallest absolute Gasteiger partial charge is 0.0940 e. The zero-order chi connectivity index (χ0) is 8.55. The van der Waals surface area contributed by atoms with Gasteiger partial charge in [0.25, 0.3) is 0 Å². The summed E-state index contributed by atoms with van der Waals surface area (Å²) in [5, 5.41) is 3.68. The van der Waals surface area contributed by atoms with Gasteiger partial charge < -0.3 is 4.90 Å². The monoisotopic (exact) mass is 181 g/mol. The molecule has 1 aromatic heterocycles. The van der Waals surface area contributed by atoms with E-state index in [1.807, 2.05) is 11.3 Å². The third-order valence-corrected chi connectivity index (χ3v) is 3.70. The molecule has 0 saturated carbocycles. The van der Waals surface area contributed by atoms with Crippen LogP contribution in [-0.4, -0.2) is 12.6 Å². The number of nitrogens with zero attached hydrogens (tertiary/aromatic N) is 1. The minimum Gasteiger partial charge on any atom is -0.361 e. The molecule has 2 rings (SSSR count). The van der Waals surface area contributed by atoms with Gasteiger partial charge >= 0.3 is 0 Å². The SMILES string of the molecule is Cc1ccsc1N1CCCC1C. The van der Waals surface area contributed by atoms with Crippen LogP contribution in [0.25, 0.3) is 0 Å². The molecule has 0 amide bonds. The lowest BCUT2D eigenvalue weighted by atomic mass is 10.2. The topological polar surface area (TPSA) is 3.24 Å². The van der Waals surface area contributed by atoms with Gasteiger partial charge in [-0.05, 0) is 43.7 Å². The van der Waals surface area contributed by atoms with Gasteiger partial charge in [0.05, 0.1) is 5.00 Å². The van der Waals surface area contributed by atoms with E-state index in [2.05, 4.69) is 30.2 Å². The molecule has 1 aromatic rings. The second kappa shape index (κ2) is 3.09.